The van der Waals surface area contributed by atoms with Gasteiger partial charge in [-0.15, -0.1) is 0 Å². The van der Waals surface area contributed by atoms with Gasteiger partial charge in [-0.05, 0) is 25.3 Å². The number of nitrogens with one attached hydrogen (secondary N) is 1. The standard InChI is InChI=1S/C18H23N3O3/c1-2-24-18(22)16-13-21(12-14-6-4-3-5-7-14)20-17(16)19-15-8-10-23-11-9-15/h3-7,13,15H,2,8-12H2,1H3,(H,19,20). The number of nitrogens with zero attached hydrogens (tertiary/aromatic N) is 2. The number of rotatable bonds is 6. The first-order valence-corrected chi connectivity index (χ1v) is 8.39. The van der Waals surface area contributed by atoms with Crippen molar-refractivity contribution >= 4 is 11.8 Å². The number of ether oxygens (including phenoxy) is 2. The van der Waals surface area contributed by atoms with Crippen LogP contribution in [0, 0.1) is 0 Å². The highest BCUT2D eigenvalue weighted by atomic mass is 16.5. The molecular weight excluding hydrogens is 306 g/mol. The molecule has 6 nitrogen and oxygen atoms in total. The quantitative estimate of drug-likeness (QED) is 0.826. The number of hydrogen-bond acceptors (Lipinski definition) is 5. The zero-order valence-electron chi connectivity index (χ0n) is 13.9. The Bertz CT molecular complexity index is 663. The van der Waals surface area contributed by atoms with Crippen LogP contribution in [0.1, 0.15) is 35.7 Å². The van der Waals surface area contributed by atoms with Crippen molar-refractivity contribution in [3.63, 3.8) is 0 Å². The lowest BCUT2D eigenvalue weighted by molar-refractivity contribution is 0.0527. The Hall–Kier alpha value is -2.34. The van der Waals surface area contributed by atoms with Crippen LogP contribution in [0.5, 0.6) is 0 Å². The van der Waals surface area contributed by atoms with E-state index >= 15 is 0 Å². The molecule has 24 heavy (non-hydrogen) atoms. The molecule has 128 valence electrons. The van der Waals surface area contributed by atoms with E-state index in [-0.39, 0.29) is 12.0 Å². The Morgan fingerprint density at radius 3 is 2.79 bits per heavy atom. The summed E-state index contributed by atoms with van der Waals surface area (Å²) in [6, 6.07) is 10.3. The van der Waals surface area contributed by atoms with E-state index < -0.39 is 0 Å². The summed E-state index contributed by atoms with van der Waals surface area (Å²) in [5, 5.41) is 7.95. The summed E-state index contributed by atoms with van der Waals surface area (Å²) < 4.78 is 12.3. The van der Waals surface area contributed by atoms with Crippen LogP contribution < -0.4 is 5.32 Å². The molecular formula is C18H23N3O3. The van der Waals surface area contributed by atoms with E-state index in [0.717, 1.165) is 31.6 Å². The first kappa shape index (κ1) is 16.5. The molecule has 1 aromatic carbocycles. The molecule has 1 aliphatic rings. The van der Waals surface area contributed by atoms with Crippen LogP contribution >= 0.6 is 0 Å². The maximum absolute atomic E-state index is 12.2. The van der Waals surface area contributed by atoms with Gasteiger partial charge in [0, 0.05) is 25.5 Å². The van der Waals surface area contributed by atoms with Gasteiger partial charge >= 0.3 is 5.97 Å². The van der Waals surface area contributed by atoms with Gasteiger partial charge in [-0.25, -0.2) is 4.79 Å². The molecule has 1 N–H and O–H groups in total. The Balaban J connectivity index is 1.79. The van der Waals surface area contributed by atoms with Crippen molar-refractivity contribution in [3.05, 3.63) is 47.7 Å². The van der Waals surface area contributed by atoms with Crippen molar-refractivity contribution in [2.45, 2.75) is 32.4 Å². The van der Waals surface area contributed by atoms with Gasteiger partial charge in [0.15, 0.2) is 5.82 Å². The molecule has 2 heterocycles. The minimum Gasteiger partial charge on any atom is -0.462 e. The lowest BCUT2D eigenvalue weighted by atomic mass is 10.1. The van der Waals surface area contributed by atoms with E-state index in [2.05, 4.69) is 10.4 Å². The van der Waals surface area contributed by atoms with Crippen molar-refractivity contribution in [3.8, 4) is 0 Å². The fraction of sp³-hybridized carbons (Fsp3) is 0.444. The second kappa shape index (κ2) is 7.97. The van der Waals surface area contributed by atoms with Crippen molar-refractivity contribution in [1.82, 2.24) is 9.78 Å². The third-order valence-corrected chi connectivity index (χ3v) is 4.01. The highest BCUT2D eigenvalue weighted by Gasteiger charge is 2.21. The van der Waals surface area contributed by atoms with Crippen LogP contribution in [-0.4, -0.2) is 41.6 Å². The number of anilines is 1. The number of esters is 1. The second-order valence-corrected chi connectivity index (χ2v) is 5.83. The average Bonchev–Trinajstić information content (AvgIpc) is 2.99. The molecule has 1 saturated heterocycles. The van der Waals surface area contributed by atoms with E-state index in [1.54, 1.807) is 17.8 Å². The van der Waals surface area contributed by atoms with Gasteiger partial charge in [0.2, 0.25) is 0 Å². The molecule has 0 amide bonds. The van der Waals surface area contributed by atoms with Crippen LogP contribution in [0.15, 0.2) is 36.5 Å². The Kier molecular flexibility index (Phi) is 5.48. The van der Waals surface area contributed by atoms with Crippen molar-refractivity contribution < 1.29 is 14.3 Å². The Morgan fingerprint density at radius 1 is 1.33 bits per heavy atom. The first-order valence-electron chi connectivity index (χ1n) is 8.39. The van der Waals surface area contributed by atoms with E-state index in [1.807, 2.05) is 30.3 Å². The molecule has 1 fully saturated rings. The van der Waals surface area contributed by atoms with Gasteiger partial charge in [0.25, 0.3) is 0 Å². The summed E-state index contributed by atoms with van der Waals surface area (Å²) in [4.78, 5) is 12.2. The molecule has 0 bridgehead atoms. The smallest absolute Gasteiger partial charge is 0.343 e. The predicted molar refractivity (Wildman–Crippen MR) is 91.2 cm³/mol. The third kappa shape index (κ3) is 4.14. The van der Waals surface area contributed by atoms with Crippen LogP contribution in [0.2, 0.25) is 0 Å². The molecule has 6 heteroatoms. The normalized spacial score (nSPS) is 15.2. The predicted octanol–water partition coefficient (Wildman–Crippen LogP) is 2.70. The van der Waals surface area contributed by atoms with Crippen LogP contribution in [0.3, 0.4) is 0 Å². The highest BCUT2D eigenvalue weighted by Crippen LogP contribution is 2.20. The number of aromatic nitrogens is 2. The fourth-order valence-electron chi connectivity index (χ4n) is 2.77. The van der Waals surface area contributed by atoms with Crippen molar-refractivity contribution in [1.29, 1.82) is 0 Å². The Morgan fingerprint density at radius 2 is 2.08 bits per heavy atom. The van der Waals surface area contributed by atoms with E-state index in [0.29, 0.717) is 24.5 Å². The number of carbonyl (C=O) groups excluding carboxylic acids is 1. The van der Waals surface area contributed by atoms with E-state index in [4.69, 9.17) is 9.47 Å². The topological polar surface area (TPSA) is 65.4 Å². The second-order valence-electron chi connectivity index (χ2n) is 5.83. The van der Waals surface area contributed by atoms with Gasteiger partial charge in [0.05, 0.1) is 13.2 Å². The third-order valence-electron chi connectivity index (χ3n) is 4.01. The Labute approximate surface area is 141 Å². The number of benzene rings is 1. The van der Waals surface area contributed by atoms with Crippen LogP contribution in [-0.2, 0) is 16.0 Å². The summed E-state index contributed by atoms with van der Waals surface area (Å²) in [7, 11) is 0. The summed E-state index contributed by atoms with van der Waals surface area (Å²) in [6.07, 6.45) is 3.58. The SMILES string of the molecule is CCOC(=O)c1cn(Cc2ccccc2)nc1NC1CCOCC1. The van der Waals surface area contributed by atoms with Crippen molar-refractivity contribution in [2.75, 3.05) is 25.1 Å². The summed E-state index contributed by atoms with van der Waals surface area (Å²) >= 11 is 0. The zero-order chi connectivity index (χ0) is 16.8. The molecule has 0 atom stereocenters. The largest absolute Gasteiger partial charge is 0.462 e. The molecule has 0 unspecified atom stereocenters. The van der Waals surface area contributed by atoms with E-state index in [1.165, 1.54) is 0 Å². The average molecular weight is 329 g/mol. The molecule has 0 spiro atoms. The molecule has 2 aromatic rings. The van der Waals surface area contributed by atoms with Crippen molar-refractivity contribution in [2.24, 2.45) is 0 Å². The maximum atomic E-state index is 12.2. The lowest BCUT2D eigenvalue weighted by Gasteiger charge is -2.23. The summed E-state index contributed by atoms with van der Waals surface area (Å²) in [5.74, 6) is 0.252. The van der Waals surface area contributed by atoms with Gasteiger partial charge in [-0.2, -0.15) is 5.10 Å². The molecule has 0 saturated carbocycles. The molecule has 1 aliphatic heterocycles. The van der Waals surface area contributed by atoms with E-state index in [9.17, 15) is 4.79 Å². The number of carbonyl (C=O) groups is 1. The fourth-order valence-corrected chi connectivity index (χ4v) is 2.77. The minimum atomic E-state index is -0.341. The van der Waals surface area contributed by atoms with Gasteiger partial charge in [0.1, 0.15) is 5.56 Å². The molecule has 0 radical (unpaired) electrons. The van der Waals surface area contributed by atoms with Crippen LogP contribution in [0.4, 0.5) is 5.82 Å². The zero-order valence-corrected chi connectivity index (χ0v) is 13.9. The molecule has 1 aromatic heterocycles. The summed E-state index contributed by atoms with van der Waals surface area (Å²) in [6.45, 7) is 4.23. The minimum absolute atomic E-state index is 0.270. The van der Waals surface area contributed by atoms with Gasteiger partial charge < -0.3 is 14.8 Å². The van der Waals surface area contributed by atoms with Crippen LogP contribution in [0.25, 0.3) is 0 Å². The highest BCUT2D eigenvalue weighted by molar-refractivity contribution is 5.94. The van der Waals surface area contributed by atoms with Gasteiger partial charge in [-0.1, -0.05) is 30.3 Å². The molecule has 0 aliphatic carbocycles. The first-order chi connectivity index (χ1) is 11.8. The van der Waals surface area contributed by atoms with Gasteiger partial charge in [-0.3, -0.25) is 4.68 Å². The summed E-state index contributed by atoms with van der Waals surface area (Å²) in [5.41, 5.74) is 1.62. The number of hydrogen-bond donors (Lipinski definition) is 1. The molecule has 3 rings (SSSR count). The lowest BCUT2D eigenvalue weighted by Crippen LogP contribution is -2.28. The maximum Gasteiger partial charge on any atom is 0.343 e. The monoisotopic (exact) mass is 329 g/mol.